The third-order valence-electron chi connectivity index (χ3n) is 1.95. The van der Waals surface area contributed by atoms with E-state index in [0.717, 1.165) is 17.3 Å². The highest BCUT2D eigenvalue weighted by Crippen LogP contribution is 2.28. The summed E-state index contributed by atoms with van der Waals surface area (Å²) < 4.78 is 0. The third kappa shape index (κ3) is 4.27. The number of carbonyl (C=O) groups is 1. The second-order valence-corrected chi connectivity index (χ2v) is 4.50. The number of phenolic OH excluding ortho intramolecular Hbond substituents is 2. The average Bonchev–Trinajstić information content (AvgIpc) is 2.83. The van der Waals surface area contributed by atoms with Crippen molar-refractivity contribution in [3.8, 4) is 11.5 Å². The van der Waals surface area contributed by atoms with Crippen LogP contribution in [-0.2, 0) is 4.79 Å². The summed E-state index contributed by atoms with van der Waals surface area (Å²) >= 11 is 1.62. The Balaban J connectivity index is 0.000000280. The zero-order valence-corrected chi connectivity index (χ0v) is 10.6. The first-order valence-electron chi connectivity index (χ1n) is 5.11. The van der Waals surface area contributed by atoms with Gasteiger partial charge in [0.15, 0.2) is 0 Å². The number of hydroxylamine groups is 2. The van der Waals surface area contributed by atoms with Crippen LogP contribution in [0.2, 0.25) is 0 Å². The number of amides is 1. The van der Waals surface area contributed by atoms with Gasteiger partial charge in [0.1, 0.15) is 16.5 Å². The van der Waals surface area contributed by atoms with Gasteiger partial charge in [-0.3, -0.25) is 15.0 Å². The first-order chi connectivity index (χ1) is 8.54. The predicted octanol–water partition coefficient (Wildman–Crippen LogP) is 1.05. The summed E-state index contributed by atoms with van der Waals surface area (Å²) in [5.74, 6) is 1.13. The van der Waals surface area contributed by atoms with Crippen molar-refractivity contribution < 1.29 is 20.2 Å². The van der Waals surface area contributed by atoms with E-state index in [9.17, 15) is 9.90 Å². The predicted molar refractivity (Wildman–Crippen MR) is 69.2 cm³/mol. The topological polar surface area (TPSA) is 93.4 Å². The Morgan fingerprint density at radius 1 is 1.44 bits per heavy atom. The van der Waals surface area contributed by atoms with Gasteiger partial charge >= 0.3 is 0 Å². The van der Waals surface area contributed by atoms with E-state index in [1.807, 2.05) is 0 Å². The standard InChI is InChI=1S/C9H9NO2S.C2H5NO2/c11-6-1-2-7(8(12)5-6)9-10-3-4-13-9;1-3(5)2-4/h1-2,5,11-12H,3-4H2;2,5H,1H3. The van der Waals surface area contributed by atoms with Crippen LogP contribution < -0.4 is 0 Å². The Labute approximate surface area is 109 Å². The van der Waals surface area contributed by atoms with Gasteiger partial charge in [0.2, 0.25) is 6.41 Å². The van der Waals surface area contributed by atoms with E-state index in [4.69, 9.17) is 10.3 Å². The molecule has 3 N–H and O–H groups in total. The summed E-state index contributed by atoms with van der Waals surface area (Å²) in [6.45, 7) is 0.806. The molecule has 1 heterocycles. The molecule has 6 nitrogen and oxygen atoms in total. The normalized spacial score (nSPS) is 13.3. The highest BCUT2D eigenvalue weighted by Gasteiger charge is 2.13. The van der Waals surface area contributed by atoms with Crippen LogP contribution >= 0.6 is 11.8 Å². The van der Waals surface area contributed by atoms with Crippen molar-refractivity contribution in [3.63, 3.8) is 0 Å². The van der Waals surface area contributed by atoms with Gasteiger partial charge in [-0.2, -0.15) is 0 Å². The minimum Gasteiger partial charge on any atom is -0.508 e. The smallest absolute Gasteiger partial charge is 0.232 e. The lowest BCUT2D eigenvalue weighted by atomic mass is 10.2. The van der Waals surface area contributed by atoms with E-state index in [2.05, 4.69) is 4.99 Å². The van der Waals surface area contributed by atoms with Gasteiger partial charge in [-0.1, -0.05) is 0 Å². The van der Waals surface area contributed by atoms with Crippen LogP contribution in [0.5, 0.6) is 11.5 Å². The quantitative estimate of drug-likeness (QED) is 0.424. The maximum Gasteiger partial charge on any atom is 0.232 e. The molecule has 98 valence electrons. The van der Waals surface area contributed by atoms with E-state index in [1.165, 1.54) is 13.1 Å². The summed E-state index contributed by atoms with van der Waals surface area (Å²) in [5, 5.41) is 27.7. The average molecular weight is 270 g/mol. The lowest BCUT2D eigenvalue weighted by Gasteiger charge is -2.03. The monoisotopic (exact) mass is 270 g/mol. The van der Waals surface area contributed by atoms with Crippen LogP contribution in [-0.4, -0.2) is 51.3 Å². The number of phenols is 2. The molecule has 0 fully saturated rings. The Bertz CT molecular complexity index is 449. The SMILES string of the molecule is CN(O)C=O.Oc1ccc(C2=NCCS2)c(O)c1. The Hall–Kier alpha value is -1.73. The highest BCUT2D eigenvalue weighted by atomic mass is 32.2. The number of benzene rings is 1. The molecule has 0 aromatic heterocycles. The van der Waals surface area contributed by atoms with Crippen molar-refractivity contribution in [3.05, 3.63) is 23.8 Å². The van der Waals surface area contributed by atoms with Gasteiger partial charge in [0, 0.05) is 31.0 Å². The lowest BCUT2D eigenvalue weighted by Crippen LogP contribution is -2.07. The van der Waals surface area contributed by atoms with Crippen LogP contribution in [0, 0.1) is 0 Å². The fourth-order valence-corrected chi connectivity index (χ4v) is 2.09. The largest absolute Gasteiger partial charge is 0.508 e. The first kappa shape index (κ1) is 14.3. The molecule has 2 rings (SSSR count). The number of aliphatic imine (C=N–C) groups is 1. The van der Waals surface area contributed by atoms with Crippen molar-refractivity contribution >= 4 is 23.2 Å². The molecule has 1 aliphatic heterocycles. The van der Waals surface area contributed by atoms with Crippen molar-refractivity contribution in [1.29, 1.82) is 0 Å². The highest BCUT2D eigenvalue weighted by molar-refractivity contribution is 8.14. The Morgan fingerprint density at radius 3 is 2.56 bits per heavy atom. The summed E-state index contributed by atoms with van der Waals surface area (Å²) in [5.41, 5.74) is 0.709. The van der Waals surface area contributed by atoms with Crippen LogP contribution in [0.1, 0.15) is 5.56 Å². The fraction of sp³-hybridized carbons (Fsp3) is 0.273. The number of rotatable bonds is 2. The number of aromatic hydroxyl groups is 2. The molecule has 0 unspecified atom stereocenters. The molecule has 1 aromatic carbocycles. The molecule has 1 amide bonds. The molecule has 18 heavy (non-hydrogen) atoms. The minimum absolute atomic E-state index is 0.0739. The second kappa shape index (κ2) is 6.87. The molecule has 0 saturated carbocycles. The molecule has 0 aliphatic carbocycles. The molecule has 0 spiro atoms. The van der Waals surface area contributed by atoms with Crippen LogP contribution in [0.3, 0.4) is 0 Å². The third-order valence-corrected chi connectivity index (χ3v) is 2.96. The van der Waals surface area contributed by atoms with E-state index in [1.54, 1.807) is 23.9 Å². The molecule has 0 bridgehead atoms. The fourth-order valence-electron chi connectivity index (χ4n) is 1.20. The summed E-state index contributed by atoms with van der Waals surface area (Å²) in [7, 11) is 1.24. The number of nitrogens with zero attached hydrogens (tertiary/aromatic N) is 2. The van der Waals surface area contributed by atoms with Crippen molar-refractivity contribution in [2.75, 3.05) is 19.3 Å². The first-order valence-corrected chi connectivity index (χ1v) is 6.09. The number of thioether (sulfide) groups is 1. The lowest BCUT2D eigenvalue weighted by molar-refractivity contribution is -0.143. The van der Waals surface area contributed by atoms with Crippen molar-refractivity contribution in [2.24, 2.45) is 4.99 Å². The molecule has 0 radical (unpaired) electrons. The van der Waals surface area contributed by atoms with E-state index < -0.39 is 0 Å². The maximum atomic E-state index is 9.50. The van der Waals surface area contributed by atoms with Gasteiger partial charge in [-0.15, -0.1) is 11.8 Å². The van der Waals surface area contributed by atoms with Crippen molar-refractivity contribution in [2.45, 2.75) is 0 Å². The Kier molecular flexibility index (Phi) is 5.47. The molecular formula is C11H14N2O4S. The second-order valence-electron chi connectivity index (χ2n) is 3.42. The molecule has 1 aromatic rings. The number of hydrogen-bond acceptors (Lipinski definition) is 6. The van der Waals surface area contributed by atoms with Crippen LogP contribution in [0.4, 0.5) is 0 Å². The van der Waals surface area contributed by atoms with Crippen LogP contribution in [0.25, 0.3) is 0 Å². The van der Waals surface area contributed by atoms with Crippen molar-refractivity contribution in [1.82, 2.24) is 5.06 Å². The zero-order valence-electron chi connectivity index (χ0n) is 9.78. The zero-order chi connectivity index (χ0) is 13.5. The molecule has 0 atom stereocenters. The van der Waals surface area contributed by atoms with Gasteiger partial charge in [0.05, 0.1) is 0 Å². The summed E-state index contributed by atoms with van der Waals surface area (Å²) in [6.07, 6.45) is 0.306. The van der Waals surface area contributed by atoms with Gasteiger partial charge < -0.3 is 10.2 Å². The Morgan fingerprint density at radius 2 is 2.11 bits per heavy atom. The summed E-state index contributed by atoms with van der Waals surface area (Å²) in [6, 6.07) is 4.56. The molecule has 7 heteroatoms. The van der Waals surface area contributed by atoms with E-state index in [-0.39, 0.29) is 11.5 Å². The van der Waals surface area contributed by atoms with Gasteiger partial charge in [-0.25, -0.2) is 5.06 Å². The molecular weight excluding hydrogens is 256 g/mol. The maximum absolute atomic E-state index is 9.50. The number of hydrogen-bond donors (Lipinski definition) is 3. The van der Waals surface area contributed by atoms with Crippen LogP contribution in [0.15, 0.2) is 23.2 Å². The number of carbonyl (C=O) groups excluding carboxylic acids is 1. The van der Waals surface area contributed by atoms with Gasteiger partial charge in [0.25, 0.3) is 0 Å². The van der Waals surface area contributed by atoms with E-state index in [0.29, 0.717) is 17.0 Å². The van der Waals surface area contributed by atoms with E-state index >= 15 is 0 Å². The summed E-state index contributed by atoms with van der Waals surface area (Å²) in [4.78, 5) is 13.4. The van der Waals surface area contributed by atoms with Gasteiger partial charge in [-0.05, 0) is 12.1 Å². The minimum atomic E-state index is 0.0739. The molecule has 0 saturated heterocycles. The molecule has 1 aliphatic rings.